The number of nitrogens with one attached hydrogen (secondary N) is 1. The summed E-state index contributed by atoms with van der Waals surface area (Å²) in [5.74, 6) is -0.0535. The van der Waals surface area contributed by atoms with E-state index in [1.165, 1.54) is 0 Å². The predicted octanol–water partition coefficient (Wildman–Crippen LogP) is 2.76. The van der Waals surface area contributed by atoms with Crippen molar-refractivity contribution in [2.24, 2.45) is 0 Å². The van der Waals surface area contributed by atoms with Crippen LogP contribution >= 0.6 is 11.8 Å². The molecule has 0 aromatic heterocycles. The highest BCUT2D eigenvalue weighted by atomic mass is 32.2. The Hall–Kier alpha value is -1.69. The summed E-state index contributed by atoms with van der Waals surface area (Å²) in [6.07, 6.45) is 3.26. The van der Waals surface area contributed by atoms with Crippen molar-refractivity contribution in [2.75, 3.05) is 26.0 Å². The lowest BCUT2D eigenvalue weighted by Gasteiger charge is -2.31. The predicted molar refractivity (Wildman–Crippen MR) is 87.3 cm³/mol. The fourth-order valence-corrected chi connectivity index (χ4v) is 2.84. The largest absolute Gasteiger partial charge is 0.450 e. The first-order chi connectivity index (χ1) is 10.6. The molecular formula is C16H22N2O3S. The van der Waals surface area contributed by atoms with Gasteiger partial charge < -0.3 is 15.0 Å². The summed E-state index contributed by atoms with van der Waals surface area (Å²) in [7, 11) is 0. The monoisotopic (exact) mass is 322 g/mol. The molecule has 1 saturated heterocycles. The second-order valence-electron chi connectivity index (χ2n) is 5.16. The number of hydrogen-bond donors (Lipinski definition) is 1. The van der Waals surface area contributed by atoms with E-state index >= 15 is 0 Å². The van der Waals surface area contributed by atoms with Gasteiger partial charge in [0.2, 0.25) is 0 Å². The highest BCUT2D eigenvalue weighted by Gasteiger charge is 2.24. The van der Waals surface area contributed by atoms with E-state index < -0.39 is 0 Å². The molecule has 0 saturated carbocycles. The highest BCUT2D eigenvalue weighted by molar-refractivity contribution is 7.98. The lowest BCUT2D eigenvalue weighted by atomic mass is 10.0. The van der Waals surface area contributed by atoms with Gasteiger partial charge in [0, 0.05) is 29.6 Å². The van der Waals surface area contributed by atoms with Crippen molar-refractivity contribution < 1.29 is 14.3 Å². The van der Waals surface area contributed by atoms with Gasteiger partial charge in [0.25, 0.3) is 5.91 Å². The molecule has 0 atom stereocenters. The number of carbonyl (C=O) groups is 2. The summed E-state index contributed by atoms with van der Waals surface area (Å²) >= 11 is 1.65. The third-order valence-corrected chi connectivity index (χ3v) is 4.45. The average Bonchev–Trinajstić information content (AvgIpc) is 2.55. The maximum atomic E-state index is 12.2. The molecule has 0 radical (unpaired) electrons. The smallest absolute Gasteiger partial charge is 0.409 e. The summed E-state index contributed by atoms with van der Waals surface area (Å²) in [4.78, 5) is 26.7. The van der Waals surface area contributed by atoms with Crippen molar-refractivity contribution in [3.8, 4) is 0 Å². The SMILES string of the molecule is CCOC(=O)N1CCC(NC(=O)c2ccc(SC)cc2)CC1. The van der Waals surface area contributed by atoms with Gasteiger partial charge >= 0.3 is 6.09 Å². The molecule has 6 heteroatoms. The van der Waals surface area contributed by atoms with Gasteiger partial charge in [-0.05, 0) is 50.3 Å². The number of thioether (sulfide) groups is 1. The van der Waals surface area contributed by atoms with Gasteiger partial charge in [-0.25, -0.2) is 4.79 Å². The molecular weight excluding hydrogens is 300 g/mol. The van der Waals surface area contributed by atoms with Crippen molar-refractivity contribution in [3.63, 3.8) is 0 Å². The third-order valence-electron chi connectivity index (χ3n) is 3.71. The number of benzene rings is 1. The Balaban J connectivity index is 1.82. The van der Waals surface area contributed by atoms with Gasteiger partial charge in [-0.2, -0.15) is 0 Å². The summed E-state index contributed by atoms with van der Waals surface area (Å²) in [6.45, 7) is 3.43. The van der Waals surface area contributed by atoms with Crippen LogP contribution in [0.2, 0.25) is 0 Å². The lowest BCUT2D eigenvalue weighted by Crippen LogP contribution is -2.46. The number of amides is 2. The number of likely N-dealkylation sites (tertiary alicyclic amines) is 1. The maximum Gasteiger partial charge on any atom is 0.409 e. The van der Waals surface area contributed by atoms with Gasteiger partial charge in [0.05, 0.1) is 6.61 Å². The van der Waals surface area contributed by atoms with E-state index in [9.17, 15) is 9.59 Å². The Labute approximate surface area is 135 Å². The zero-order valence-electron chi connectivity index (χ0n) is 13.0. The van der Waals surface area contributed by atoms with E-state index in [1.54, 1.807) is 23.6 Å². The molecule has 1 aromatic rings. The zero-order valence-corrected chi connectivity index (χ0v) is 13.8. The van der Waals surface area contributed by atoms with Crippen LogP contribution in [0.5, 0.6) is 0 Å². The molecule has 120 valence electrons. The fraction of sp³-hybridized carbons (Fsp3) is 0.500. The molecule has 0 unspecified atom stereocenters. The first kappa shape index (κ1) is 16.7. The van der Waals surface area contributed by atoms with E-state index in [1.807, 2.05) is 30.5 Å². The van der Waals surface area contributed by atoms with Crippen LogP contribution in [-0.2, 0) is 4.74 Å². The fourth-order valence-electron chi connectivity index (χ4n) is 2.43. The van der Waals surface area contributed by atoms with Crippen LogP contribution < -0.4 is 5.32 Å². The molecule has 1 aliphatic heterocycles. The summed E-state index contributed by atoms with van der Waals surface area (Å²) in [5.41, 5.74) is 0.672. The minimum Gasteiger partial charge on any atom is -0.450 e. The Bertz CT molecular complexity index is 511. The molecule has 0 spiro atoms. The first-order valence-electron chi connectivity index (χ1n) is 7.50. The van der Waals surface area contributed by atoms with E-state index in [2.05, 4.69) is 5.32 Å². The van der Waals surface area contributed by atoms with Crippen molar-refractivity contribution in [1.82, 2.24) is 10.2 Å². The number of carbonyl (C=O) groups excluding carboxylic acids is 2. The second kappa shape index (κ2) is 8.08. The number of hydrogen-bond acceptors (Lipinski definition) is 4. The van der Waals surface area contributed by atoms with Crippen LogP contribution in [-0.4, -0.2) is 48.9 Å². The van der Waals surface area contributed by atoms with Crippen LogP contribution in [0.4, 0.5) is 4.79 Å². The average molecular weight is 322 g/mol. The maximum absolute atomic E-state index is 12.2. The quantitative estimate of drug-likeness (QED) is 0.866. The Morgan fingerprint density at radius 3 is 2.45 bits per heavy atom. The van der Waals surface area contributed by atoms with Gasteiger partial charge in [-0.3, -0.25) is 4.79 Å². The van der Waals surface area contributed by atoms with Crippen LogP contribution in [0, 0.1) is 0 Å². The number of piperidine rings is 1. The first-order valence-corrected chi connectivity index (χ1v) is 8.73. The minimum absolute atomic E-state index is 0.0535. The standard InChI is InChI=1S/C16H22N2O3S/c1-3-21-16(20)18-10-8-13(9-11-18)17-15(19)12-4-6-14(22-2)7-5-12/h4-7,13H,3,8-11H2,1-2H3,(H,17,19). The van der Waals surface area contributed by atoms with Crippen molar-refractivity contribution in [1.29, 1.82) is 0 Å². The molecule has 1 heterocycles. The minimum atomic E-state index is -0.264. The van der Waals surface area contributed by atoms with Crippen LogP contribution in [0.15, 0.2) is 29.2 Å². The van der Waals surface area contributed by atoms with Gasteiger partial charge in [0.15, 0.2) is 0 Å². The third kappa shape index (κ3) is 4.40. The molecule has 2 rings (SSSR count). The molecule has 1 aromatic carbocycles. The van der Waals surface area contributed by atoms with Crippen molar-refractivity contribution in [3.05, 3.63) is 29.8 Å². The number of rotatable bonds is 4. The van der Waals surface area contributed by atoms with Crippen molar-refractivity contribution in [2.45, 2.75) is 30.7 Å². The Morgan fingerprint density at radius 2 is 1.91 bits per heavy atom. The van der Waals surface area contributed by atoms with Crippen LogP contribution in [0.3, 0.4) is 0 Å². The molecule has 1 fully saturated rings. The van der Waals surface area contributed by atoms with Crippen LogP contribution in [0.1, 0.15) is 30.1 Å². The molecule has 0 aliphatic carbocycles. The molecule has 0 bridgehead atoms. The molecule has 5 nitrogen and oxygen atoms in total. The summed E-state index contributed by atoms with van der Waals surface area (Å²) in [5, 5.41) is 3.04. The van der Waals surface area contributed by atoms with Crippen molar-refractivity contribution >= 4 is 23.8 Å². The van der Waals surface area contributed by atoms with Gasteiger partial charge in [0.1, 0.15) is 0 Å². The normalized spacial score (nSPS) is 15.5. The highest BCUT2D eigenvalue weighted by Crippen LogP contribution is 2.16. The molecule has 2 amide bonds. The summed E-state index contributed by atoms with van der Waals surface area (Å²) in [6, 6.07) is 7.69. The Morgan fingerprint density at radius 1 is 1.27 bits per heavy atom. The molecule has 22 heavy (non-hydrogen) atoms. The number of nitrogens with zero attached hydrogens (tertiary/aromatic N) is 1. The zero-order chi connectivity index (χ0) is 15.9. The van der Waals surface area contributed by atoms with E-state index in [-0.39, 0.29) is 18.0 Å². The van der Waals surface area contributed by atoms with Crippen LogP contribution in [0.25, 0.3) is 0 Å². The van der Waals surface area contributed by atoms with Gasteiger partial charge in [-0.1, -0.05) is 0 Å². The molecule has 1 N–H and O–H groups in total. The molecule has 1 aliphatic rings. The van der Waals surface area contributed by atoms with E-state index in [0.29, 0.717) is 25.3 Å². The number of ether oxygens (including phenoxy) is 1. The topological polar surface area (TPSA) is 58.6 Å². The van der Waals surface area contributed by atoms with E-state index in [0.717, 1.165) is 17.7 Å². The van der Waals surface area contributed by atoms with Gasteiger partial charge in [-0.15, -0.1) is 11.8 Å². The Kier molecular flexibility index (Phi) is 6.12. The second-order valence-corrected chi connectivity index (χ2v) is 6.04. The lowest BCUT2D eigenvalue weighted by molar-refractivity contribution is 0.0860. The van der Waals surface area contributed by atoms with E-state index in [4.69, 9.17) is 4.74 Å². The summed E-state index contributed by atoms with van der Waals surface area (Å²) < 4.78 is 4.99.